The second-order valence-electron chi connectivity index (χ2n) is 3.50. The fourth-order valence-electron chi connectivity index (χ4n) is 1.38. The van der Waals surface area contributed by atoms with Crippen LogP contribution in [-0.4, -0.2) is 11.3 Å². The molecule has 0 aliphatic carbocycles. The summed E-state index contributed by atoms with van der Waals surface area (Å²) in [6.07, 6.45) is 6.81. The number of carbonyl (C=O) groups is 1. The standard InChI is InChI=1S/C11H16N2O/c1-2-3-6-11(12,9-14)10-5-4-7-13-8-10/h4-5,7-9H,2-3,6,12H2,1H3. The molecule has 1 unspecified atom stereocenters. The number of hydrogen-bond acceptors (Lipinski definition) is 3. The predicted molar refractivity (Wildman–Crippen MR) is 55.7 cm³/mol. The Morgan fingerprint density at radius 2 is 2.43 bits per heavy atom. The molecule has 0 fully saturated rings. The van der Waals surface area contributed by atoms with E-state index in [-0.39, 0.29) is 0 Å². The van der Waals surface area contributed by atoms with E-state index in [1.165, 1.54) is 0 Å². The Hall–Kier alpha value is -1.22. The van der Waals surface area contributed by atoms with Gasteiger partial charge >= 0.3 is 0 Å². The smallest absolute Gasteiger partial charge is 0.144 e. The quantitative estimate of drug-likeness (QED) is 0.721. The molecule has 0 spiro atoms. The molecule has 1 heterocycles. The van der Waals surface area contributed by atoms with Gasteiger partial charge in [-0.3, -0.25) is 4.98 Å². The summed E-state index contributed by atoms with van der Waals surface area (Å²) in [5.74, 6) is 0. The molecule has 14 heavy (non-hydrogen) atoms. The first-order valence-corrected chi connectivity index (χ1v) is 4.88. The highest BCUT2D eigenvalue weighted by Crippen LogP contribution is 2.21. The van der Waals surface area contributed by atoms with Gasteiger partial charge in [-0.05, 0) is 18.1 Å². The van der Waals surface area contributed by atoms with Crippen molar-refractivity contribution in [3.8, 4) is 0 Å². The Morgan fingerprint density at radius 3 is 2.93 bits per heavy atom. The topological polar surface area (TPSA) is 56.0 Å². The minimum absolute atomic E-state index is 0.679. The Bertz CT molecular complexity index is 287. The van der Waals surface area contributed by atoms with Gasteiger partial charge in [-0.1, -0.05) is 25.8 Å². The lowest BCUT2D eigenvalue weighted by Crippen LogP contribution is -2.38. The maximum absolute atomic E-state index is 11.0. The zero-order valence-corrected chi connectivity index (χ0v) is 8.44. The monoisotopic (exact) mass is 192 g/mol. The van der Waals surface area contributed by atoms with Crippen LogP contribution < -0.4 is 5.73 Å². The second kappa shape index (κ2) is 4.86. The van der Waals surface area contributed by atoms with E-state index >= 15 is 0 Å². The van der Waals surface area contributed by atoms with Gasteiger partial charge < -0.3 is 10.5 Å². The van der Waals surface area contributed by atoms with E-state index < -0.39 is 5.54 Å². The van der Waals surface area contributed by atoms with Crippen LogP contribution >= 0.6 is 0 Å². The van der Waals surface area contributed by atoms with Crippen LogP contribution in [-0.2, 0) is 10.3 Å². The van der Waals surface area contributed by atoms with Crippen LogP contribution in [0.2, 0.25) is 0 Å². The summed E-state index contributed by atoms with van der Waals surface area (Å²) in [4.78, 5) is 14.9. The normalized spacial score (nSPS) is 14.7. The first kappa shape index (κ1) is 10.9. The van der Waals surface area contributed by atoms with Crippen LogP contribution in [0.3, 0.4) is 0 Å². The summed E-state index contributed by atoms with van der Waals surface area (Å²) in [5.41, 5.74) is 5.93. The highest BCUT2D eigenvalue weighted by molar-refractivity contribution is 5.67. The maximum Gasteiger partial charge on any atom is 0.144 e. The number of nitrogens with zero attached hydrogens (tertiary/aromatic N) is 1. The maximum atomic E-state index is 11.0. The molecule has 1 aromatic heterocycles. The average molecular weight is 192 g/mol. The first-order valence-electron chi connectivity index (χ1n) is 4.88. The number of hydrogen-bond donors (Lipinski definition) is 1. The number of carbonyl (C=O) groups excluding carboxylic acids is 1. The molecular weight excluding hydrogens is 176 g/mol. The number of aldehydes is 1. The third-order valence-corrected chi connectivity index (χ3v) is 2.35. The number of unbranched alkanes of at least 4 members (excludes halogenated alkanes) is 1. The highest BCUT2D eigenvalue weighted by atomic mass is 16.1. The molecule has 3 heteroatoms. The Morgan fingerprint density at radius 1 is 1.64 bits per heavy atom. The van der Waals surface area contributed by atoms with Gasteiger partial charge in [0.05, 0.1) is 5.54 Å². The van der Waals surface area contributed by atoms with Crippen LogP contribution in [0.4, 0.5) is 0 Å². The van der Waals surface area contributed by atoms with E-state index in [0.717, 1.165) is 24.7 Å². The summed E-state index contributed by atoms with van der Waals surface area (Å²) in [6.45, 7) is 2.08. The summed E-state index contributed by atoms with van der Waals surface area (Å²) in [5, 5.41) is 0. The summed E-state index contributed by atoms with van der Waals surface area (Å²) < 4.78 is 0. The number of pyridine rings is 1. The molecule has 1 aromatic rings. The second-order valence-corrected chi connectivity index (χ2v) is 3.50. The summed E-state index contributed by atoms with van der Waals surface area (Å²) >= 11 is 0. The lowest BCUT2D eigenvalue weighted by Gasteiger charge is -2.22. The predicted octanol–water partition coefficient (Wildman–Crippen LogP) is 1.62. The van der Waals surface area contributed by atoms with Crippen molar-refractivity contribution in [1.29, 1.82) is 0 Å². The van der Waals surface area contributed by atoms with Gasteiger partial charge in [-0.15, -0.1) is 0 Å². The van der Waals surface area contributed by atoms with Gasteiger partial charge in [0.25, 0.3) is 0 Å². The molecule has 0 radical (unpaired) electrons. The van der Waals surface area contributed by atoms with Gasteiger partial charge in [-0.2, -0.15) is 0 Å². The molecule has 3 nitrogen and oxygen atoms in total. The third-order valence-electron chi connectivity index (χ3n) is 2.35. The lowest BCUT2D eigenvalue weighted by molar-refractivity contribution is -0.112. The van der Waals surface area contributed by atoms with Crippen LogP contribution in [0.15, 0.2) is 24.5 Å². The number of nitrogens with two attached hydrogens (primary N) is 1. The molecule has 0 saturated carbocycles. The fourth-order valence-corrected chi connectivity index (χ4v) is 1.38. The minimum Gasteiger partial charge on any atom is -0.315 e. The van der Waals surface area contributed by atoms with Crippen molar-refractivity contribution >= 4 is 6.29 Å². The van der Waals surface area contributed by atoms with E-state index in [1.807, 2.05) is 6.07 Å². The molecule has 1 rings (SSSR count). The number of aromatic nitrogens is 1. The highest BCUT2D eigenvalue weighted by Gasteiger charge is 2.25. The van der Waals surface area contributed by atoms with E-state index in [9.17, 15) is 4.79 Å². The molecule has 0 amide bonds. The summed E-state index contributed by atoms with van der Waals surface area (Å²) in [6, 6.07) is 3.64. The van der Waals surface area contributed by atoms with Crippen molar-refractivity contribution in [3.63, 3.8) is 0 Å². The molecule has 2 N–H and O–H groups in total. The van der Waals surface area contributed by atoms with Crippen LogP contribution in [0.5, 0.6) is 0 Å². The van der Waals surface area contributed by atoms with E-state index in [0.29, 0.717) is 6.42 Å². The third kappa shape index (κ3) is 2.39. The molecule has 0 saturated heterocycles. The molecule has 0 aromatic carbocycles. The lowest BCUT2D eigenvalue weighted by atomic mass is 9.88. The van der Waals surface area contributed by atoms with Gasteiger partial charge in [0.2, 0.25) is 0 Å². The van der Waals surface area contributed by atoms with E-state index in [2.05, 4.69) is 11.9 Å². The zero-order chi connectivity index (χ0) is 10.4. The Labute approximate surface area is 84.3 Å². The van der Waals surface area contributed by atoms with Gasteiger partial charge in [0.1, 0.15) is 6.29 Å². The van der Waals surface area contributed by atoms with Crippen LogP contribution in [0.1, 0.15) is 31.7 Å². The molecule has 76 valence electrons. The fraction of sp³-hybridized carbons (Fsp3) is 0.455. The van der Waals surface area contributed by atoms with Crippen molar-refractivity contribution in [2.45, 2.75) is 31.7 Å². The SMILES string of the molecule is CCCCC(N)(C=O)c1cccnc1. The molecule has 1 atom stereocenters. The molecule has 0 aliphatic heterocycles. The van der Waals surface area contributed by atoms with Crippen molar-refractivity contribution in [1.82, 2.24) is 4.98 Å². The van der Waals surface area contributed by atoms with E-state index in [4.69, 9.17) is 5.73 Å². The zero-order valence-electron chi connectivity index (χ0n) is 8.44. The first-order chi connectivity index (χ1) is 6.73. The average Bonchev–Trinajstić information content (AvgIpc) is 2.27. The van der Waals surface area contributed by atoms with Crippen molar-refractivity contribution in [3.05, 3.63) is 30.1 Å². The van der Waals surface area contributed by atoms with Crippen LogP contribution in [0.25, 0.3) is 0 Å². The van der Waals surface area contributed by atoms with Gasteiger partial charge in [0, 0.05) is 12.4 Å². The van der Waals surface area contributed by atoms with Gasteiger partial charge in [0.15, 0.2) is 0 Å². The summed E-state index contributed by atoms with van der Waals surface area (Å²) in [7, 11) is 0. The Balaban J connectivity index is 2.84. The van der Waals surface area contributed by atoms with E-state index in [1.54, 1.807) is 18.5 Å². The minimum atomic E-state index is -0.857. The van der Waals surface area contributed by atoms with Crippen molar-refractivity contribution < 1.29 is 4.79 Å². The molecule has 0 bridgehead atoms. The molecular formula is C11H16N2O. The van der Waals surface area contributed by atoms with Gasteiger partial charge in [-0.25, -0.2) is 0 Å². The van der Waals surface area contributed by atoms with Crippen LogP contribution in [0, 0.1) is 0 Å². The van der Waals surface area contributed by atoms with Crippen molar-refractivity contribution in [2.24, 2.45) is 5.73 Å². The van der Waals surface area contributed by atoms with Crippen molar-refractivity contribution in [2.75, 3.05) is 0 Å². The number of rotatable bonds is 5. The largest absolute Gasteiger partial charge is 0.315 e. The molecule has 0 aliphatic rings. The Kier molecular flexibility index (Phi) is 3.77.